The van der Waals surface area contributed by atoms with Gasteiger partial charge in [0.05, 0.1) is 7.11 Å². The first kappa shape index (κ1) is 11.9. The van der Waals surface area contributed by atoms with Crippen LogP contribution in [-0.4, -0.2) is 25.1 Å². The lowest BCUT2D eigenvalue weighted by molar-refractivity contribution is -0.120. The van der Waals surface area contributed by atoms with Crippen molar-refractivity contribution in [2.75, 3.05) is 12.4 Å². The molecular formula is C11H11N3O4. The molecule has 0 aromatic heterocycles. The molecule has 1 aliphatic rings. The van der Waals surface area contributed by atoms with E-state index in [0.717, 1.165) is 0 Å². The zero-order valence-corrected chi connectivity index (χ0v) is 9.52. The number of nitrogens with one attached hydrogen (secondary N) is 3. The van der Waals surface area contributed by atoms with Gasteiger partial charge in [-0.05, 0) is 17.7 Å². The fourth-order valence-corrected chi connectivity index (χ4v) is 1.58. The van der Waals surface area contributed by atoms with Crippen LogP contribution in [0.5, 0.6) is 0 Å². The minimum atomic E-state index is -0.690. The van der Waals surface area contributed by atoms with Gasteiger partial charge in [-0.3, -0.25) is 15.4 Å². The fraction of sp³-hybridized carbons (Fsp3) is 0.182. The van der Waals surface area contributed by atoms with Gasteiger partial charge in [0.15, 0.2) is 0 Å². The number of carbonyl (C=O) groups excluding carboxylic acids is 3. The van der Waals surface area contributed by atoms with E-state index in [-0.39, 0.29) is 0 Å². The molecule has 0 aliphatic carbocycles. The van der Waals surface area contributed by atoms with E-state index in [4.69, 9.17) is 0 Å². The highest BCUT2D eigenvalue weighted by atomic mass is 16.5. The summed E-state index contributed by atoms with van der Waals surface area (Å²) in [7, 11) is 1.27. The van der Waals surface area contributed by atoms with E-state index >= 15 is 0 Å². The molecule has 7 heteroatoms. The van der Waals surface area contributed by atoms with Crippen molar-refractivity contribution in [2.24, 2.45) is 0 Å². The average Bonchev–Trinajstić information content (AvgIpc) is 2.69. The van der Waals surface area contributed by atoms with E-state index in [2.05, 4.69) is 20.7 Å². The Morgan fingerprint density at radius 2 is 1.94 bits per heavy atom. The van der Waals surface area contributed by atoms with Crippen molar-refractivity contribution >= 4 is 23.7 Å². The number of imide groups is 1. The summed E-state index contributed by atoms with van der Waals surface area (Å²) in [5.41, 5.74) is 1.17. The Morgan fingerprint density at radius 3 is 2.44 bits per heavy atom. The number of rotatable bonds is 2. The van der Waals surface area contributed by atoms with Gasteiger partial charge >= 0.3 is 12.1 Å². The van der Waals surface area contributed by atoms with Gasteiger partial charge in [0.25, 0.3) is 5.91 Å². The predicted octanol–water partition coefficient (Wildman–Crippen LogP) is 0.745. The van der Waals surface area contributed by atoms with E-state index < -0.39 is 24.1 Å². The van der Waals surface area contributed by atoms with E-state index in [1.54, 1.807) is 24.3 Å². The van der Waals surface area contributed by atoms with Crippen LogP contribution in [0.3, 0.4) is 0 Å². The maximum absolute atomic E-state index is 11.4. The third-order valence-corrected chi connectivity index (χ3v) is 2.45. The number of urea groups is 1. The highest BCUT2D eigenvalue weighted by Crippen LogP contribution is 2.19. The highest BCUT2D eigenvalue weighted by Gasteiger charge is 2.30. The van der Waals surface area contributed by atoms with Gasteiger partial charge in [-0.25, -0.2) is 9.59 Å². The third-order valence-electron chi connectivity index (χ3n) is 2.45. The first-order valence-electron chi connectivity index (χ1n) is 5.16. The molecule has 1 aromatic rings. The van der Waals surface area contributed by atoms with Crippen LogP contribution in [0.2, 0.25) is 0 Å². The topological polar surface area (TPSA) is 96.5 Å². The van der Waals surface area contributed by atoms with E-state index in [1.165, 1.54) is 7.11 Å². The van der Waals surface area contributed by atoms with Crippen molar-refractivity contribution in [3.8, 4) is 0 Å². The van der Waals surface area contributed by atoms with Crippen molar-refractivity contribution in [3.63, 3.8) is 0 Å². The van der Waals surface area contributed by atoms with Crippen LogP contribution < -0.4 is 16.0 Å². The molecule has 1 unspecified atom stereocenters. The molecule has 7 nitrogen and oxygen atoms in total. The van der Waals surface area contributed by atoms with E-state index in [9.17, 15) is 14.4 Å². The second-order valence-corrected chi connectivity index (χ2v) is 3.63. The molecular weight excluding hydrogens is 238 g/mol. The molecule has 1 atom stereocenters. The monoisotopic (exact) mass is 249 g/mol. The van der Waals surface area contributed by atoms with Crippen LogP contribution in [0.25, 0.3) is 0 Å². The third kappa shape index (κ3) is 2.40. The summed E-state index contributed by atoms with van der Waals surface area (Å²) in [5, 5.41) is 7.10. The summed E-state index contributed by atoms with van der Waals surface area (Å²) < 4.78 is 4.44. The van der Waals surface area contributed by atoms with Gasteiger partial charge in [-0.1, -0.05) is 12.1 Å². The Kier molecular flexibility index (Phi) is 3.13. The largest absolute Gasteiger partial charge is 0.453 e. The van der Waals surface area contributed by atoms with Crippen molar-refractivity contribution in [1.29, 1.82) is 0 Å². The molecule has 0 saturated carbocycles. The Hall–Kier alpha value is -2.57. The van der Waals surface area contributed by atoms with Gasteiger partial charge in [-0.2, -0.15) is 0 Å². The number of hydrogen-bond acceptors (Lipinski definition) is 4. The smallest absolute Gasteiger partial charge is 0.411 e. The van der Waals surface area contributed by atoms with Crippen LogP contribution in [-0.2, 0) is 9.53 Å². The molecule has 94 valence electrons. The number of anilines is 1. The Balaban J connectivity index is 2.10. The highest BCUT2D eigenvalue weighted by molar-refractivity contribution is 6.04. The van der Waals surface area contributed by atoms with Gasteiger partial charge < -0.3 is 10.1 Å². The summed E-state index contributed by atoms with van der Waals surface area (Å²) in [6, 6.07) is 5.31. The van der Waals surface area contributed by atoms with Gasteiger partial charge in [0.2, 0.25) is 0 Å². The summed E-state index contributed by atoms with van der Waals surface area (Å²) >= 11 is 0. The SMILES string of the molecule is COC(=O)Nc1ccc(C2NC(=O)NC2=O)cc1. The average molecular weight is 249 g/mol. The zero-order valence-electron chi connectivity index (χ0n) is 9.52. The quantitative estimate of drug-likeness (QED) is 0.673. The minimum Gasteiger partial charge on any atom is -0.453 e. The number of ether oxygens (including phenoxy) is 1. The molecule has 0 spiro atoms. The van der Waals surface area contributed by atoms with Crippen LogP contribution in [0.1, 0.15) is 11.6 Å². The lowest BCUT2D eigenvalue weighted by Crippen LogP contribution is -2.22. The van der Waals surface area contributed by atoms with Crippen molar-refractivity contribution in [3.05, 3.63) is 29.8 Å². The lowest BCUT2D eigenvalue weighted by atomic mass is 10.1. The molecule has 2 rings (SSSR count). The van der Waals surface area contributed by atoms with Crippen molar-refractivity contribution < 1.29 is 19.1 Å². The lowest BCUT2D eigenvalue weighted by Gasteiger charge is -2.09. The summed E-state index contributed by atoms with van der Waals surface area (Å²) in [4.78, 5) is 33.3. The number of hydrogen-bond donors (Lipinski definition) is 3. The summed E-state index contributed by atoms with van der Waals surface area (Å²) in [6.45, 7) is 0. The Morgan fingerprint density at radius 1 is 1.28 bits per heavy atom. The van der Waals surface area contributed by atoms with Crippen molar-refractivity contribution in [2.45, 2.75) is 6.04 Å². The standard InChI is InChI=1S/C11H11N3O4/c1-18-11(17)12-7-4-2-6(3-5-7)8-9(15)14-10(16)13-8/h2-5,8H,1H3,(H,12,17)(H2,13,14,15,16). The second-order valence-electron chi connectivity index (χ2n) is 3.63. The molecule has 4 amide bonds. The molecule has 1 fully saturated rings. The second kappa shape index (κ2) is 4.74. The normalized spacial score (nSPS) is 17.9. The predicted molar refractivity (Wildman–Crippen MR) is 61.9 cm³/mol. The van der Waals surface area contributed by atoms with Crippen molar-refractivity contribution in [1.82, 2.24) is 10.6 Å². The molecule has 0 bridgehead atoms. The first-order valence-corrected chi connectivity index (χ1v) is 5.16. The molecule has 1 aliphatic heterocycles. The van der Waals surface area contributed by atoms with Crippen LogP contribution in [0.4, 0.5) is 15.3 Å². The van der Waals surface area contributed by atoms with E-state index in [0.29, 0.717) is 11.3 Å². The van der Waals surface area contributed by atoms with Crippen LogP contribution >= 0.6 is 0 Å². The molecule has 1 heterocycles. The van der Waals surface area contributed by atoms with Crippen LogP contribution in [0.15, 0.2) is 24.3 Å². The molecule has 0 radical (unpaired) electrons. The zero-order chi connectivity index (χ0) is 13.1. The van der Waals surface area contributed by atoms with Gasteiger partial charge in [-0.15, -0.1) is 0 Å². The number of amides is 4. The van der Waals surface area contributed by atoms with E-state index in [1.807, 2.05) is 0 Å². The Labute approximate surface area is 102 Å². The maximum atomic E-state index is 11.4. The van der Waals surface area contributed by atoms with Gasteiger partial charge in [0.1, 0.15) is 6.04 Å². The Bertz CT molecular complexity index is 498. The fourth-order valence-electron chi connectivity index (χ4n) is 1.58. The maximum Gasteiger partial charge on any atom is 0.411 e. The molecule has 1 saturated heterocycles. The molecule has 18 heavy (non-hydrogen) atoms. The summed E-state index contributed by atoms with van der Waals surface area (Å²) in [6.07, 6.45) is -0.574. The number of methoxy groups -OCH3 is 1. The molecule has 1 aromatic carbocycles. The molecule has 3 N–H and O–H groups in total. The van der Waals surface area contributed by atoms with Gasteiger partial charge in [0, 0.05) is 5.69 Å². The number of benzene rings is 1. The summed E-state index contributed by atoms with van der Waals surface area (Å²) in [5.74, 6) is -0.395. The number of carbonyl (C=O) groups is 3. The first-order chi connectivity index (χ1) is 8.60. The van der Waals surface area contributed by atoms with Crippen LogP contribution in [0, 0.1) is 0 Å². The minimum absolute atomic E-state index is 0.395.